The monoisotopic (exact) mass is 319 g/mol. The van der Waals surface area contributed by atoms with E-state index in [4.69, 9.17) is 10.7 Å². The molecule has 0 saturated heterocycles. The number of fused-ring (bicyclic) bond motifs is 2. The van der Waals surface area contributed by atoms with E-state index in [0.717, 1.165) is 29.9 Å². The van der Waals surface area contributed by atoms with Crippen molar-refractivity contribution >= 4 is 23.0 Å². The van der Waals surface area contributed by atoms with E-state index in [9.17, 15) is 4.79 Å². The molecule has 0 fully saturated rings. The van der Waals surface area contributed by atoms with E-state index in [-0.39, 0.29) is 11.9 Å². The van der Waals surface area contributed by atoms with Crippen LogP contribution in [0.5, 0.6) is 0 Å². The standard InChI is InChI=1S/C20H21N3O/c1-12-7-8-14-10-17(22-16(14)9-12)19-11-15-5-3-4-6-18(15)23(19)20(24)13(2)21/h3-9,13,19H,10-11,21H2,1-2H3. The van der Waals surface area contributed by atoms with Crippen LogP contribution < -0.4 is 10.6 Å². The Labute approximate surface area is 142 Å². The molecule has 0 bridgehead atoms. The molecule has 4 rings (SSSR count). The number of rotatable bonds is 2. The highest BCUT2D eigenvalue weighted by Gasteiger charge is 2.38. The minimum Gasteiger partial charge on any atom is -0.320 e. The summed E-state index contributed by atoms with van der Waals surface area (Å²) in [5.74, 6) is -0.0419. The van der Waals surface area contributed by atoms with E-state index in [1.807, 2.05) is 23.1 Å². The molecule has 0 aromatic heterocycles. The summed E-state index contributed by atoms with van der Waals surface area (Å²) < 4.78 is 0. The first-order valence-corrected chi connectivity index (χ1v) is 8.38. The number of hydrogen-bond donors (Lipinski definition) is 1. The van der Waals surface area contributed by atoms with Gasteiger partial charge in [0.25, 0.3) is 0 Å². The predicted octanol–water partition coefficient (Wildman–Crippen LogP) is 2.93. The Morgan fingerprint density at radius 2 is 2.04 bits per heavy atom. The second kappa shape index (κ2) is 5.56. The maximum Gasteiger partial charge on any atom is 0.244 e. The summed E-state index contributed by atoms with van der Waals surface area (Å²) in [7, 11) is 0. The van der Waals surface area contributed by atoms with E-state index in [0.29, 0.717) is 0 Å². The van der Waals surface area contributed by atoms with Gasteiger partial charge in [0, 0.05) is 24.2 Å². The number of carbonyl (C=O) groups excluding carboxylic acids is 1. The molecular formula is C20H21N3O. The van der Waals surface area contributed by atoms with Gasteiger partial charge in [-0.25, -0.2) is 0 Å². The van der Waals surface area contributed by atoms with Crippen LogP contribution in [0.25, 0.3) is 0 Å². The van der Waals surface area contributed by atoms with Crippen molar-refractivity contribution in [3.63, 3.8) is 0 Å². The highest BCUT2D eigenvalue weighted by molar-refractivity contribution is 6.09. The van der Waals surface area contributed by atoms with Gasteiger partial charge in [0.05, 0.1) is 17.8 Å². The molecule has 2 aliphatic rings. The van der Waals surface area contributed by atoms with Crippen LogP contribution in [0, 0.1) is 6.92 Å². The number of carbonyl (C=O) groups is 1. The van der Waals surface area contributed by atoms with Gasteiger partial charge in [-0.2, -0.15) is 0 Å². The minimum absolute atomic E-state index is 0.0337. The molecular weight excluding hydrogens is 298 g/mol. The number of nitrogens with zero attached hydrogens (tertiary/aromatic N) is 2. The van der Waals surface area contributed by atoms with Crippen LogP contribution in [0.1, 0.15) is 23.6 Å². The highest BCUT2D eigenvalue weighted by atomic mass is 16.2. The average Bonchev–Trinajstić information content (AvgIpc) is 3.14. The molecule has 0 aliphatic carbocycles. The first-order valence-electron chi connectivity index (χ1n) is 8.38. The average molecular weight is 319 g/mol. The van der Waals surface area contributed by atoms with Crippen molar-refractivity contribution in [2.24, 2.45) is 10.7 Å². The molecule has 0 radical (unpaired) electrons. The van der Waals surface area contributed by atoms with Crippen LogP contribution in [0.15, 0.2) is 47.5 Å². The highest BCUT2D eigenvalue weighted by Crippen LogP contribution is 2.37. The van der Waals surface area contributed by atoms with Crippen molar-refractivity contribution in [2.45, 2.75) is 38.8 Å². The maximum absolute atomic E-state index is 12.7. The molecule has 2 unspecified atom stereocenters. The molecule has 4 nitrogen and oxygen atoms in total. The van der Waals surface area contributed by atoms with E-state index < -0.39 is 6.04 Å². The van der Waals surface area contributed by atoms with Gasteiger partial charge in [0.15, 0.2) is 0 Å². The molecule has 24 heavy (non-hydrogen) atoms. The lowest BCUT2D eigenvalue weighted by atomic mass is 10.0. The summed E-state index contributed by atoms with van der Waals surface area (Å²) in [6.45, 7) is 3.82. The number of nitrogens with two attached hydrogens (primary N) is 1. The number of aryl methyl sites for hydroxylation is 1. The van der Waals surface area contributed by atoms with Crippen molar-refractivity contribution in [1.82, 2.24) is 0 Å². The summed E-state index contributed by atoms with van der Waals surface area (Å²) in [5, 5.41) is 0. The summed E-state index contributed by atoms with van der Waals surface area (Å²) in [6.07, 6.45) is 1.61. The molecule has 2 aliphatic heterocycles. The van der Waals surface area contributed by atoms with Gasteiger partial charge in [-0.1, -0.05) is 30.3 Å². The van der Waals surface area contributed by atoms with E-state index in [2.05, 4.69) is 31.2 Å². The third-order valence-corrected chi connectivity index (χ3v) is 4.86. The Bertz CT molecular complexity index is 854. The minimum atomic E-state index is -0.523. The number of para-hydroxylation sites is 1. The second-order valence-electron chi connectivity index (χ2n) is 6.76. The molecule has 2 aromatic rings. The van der Waals surface area contributed by atoms with Gasteiger partial charge < -0.3 is 10.6 Å². The van der Waals surface area contributed by atoms with Crippen LogP contribution >= 0.6 is 0 Å². The van der Waals surface area contributed by atoms with Gasteiger partial charge in [0.2, 0.25) is 5.91 Å². The van der Waals surface area contributed by atoms with Crippen molar-refractivity contribution in [3.8, 4) is 0 Å². The van der Waals surface area contributed by atoms with Gasteiger partial charge in [-0.05, 0) is 42.7 Å². The van der Waals surface area contributed by atoms with Gasteiger partial charge in [-0.15, -0.1) is 0 Å². The third kappa shape index (κ3) is 2.34. The molecule has 2 N–H and O–H groups in total. The van der Waals surface area contributed by atoms with Gasteiger partial charge >= 0.3 is 0 Å². The van der Waals surface area contributed by atoms with Crippen LogP contribution in [0.3, 0.4) is 0 Å². The van der Waals surface area contributed by atoms with E-state index >= 15 is 0 Å². The summed E-state index contributed by atoms with van der Waals surface area (Å²) in [4.78, 5) is 19.5. The molecule has 2 aromatic carbocycles. The Kier molecular flexibility index (Phi) is 3.50. The van der Waals surface area contributed by atoms with E-state index in [1.165, 1.54) is 16.7 Å². The first kappa shape index (κ1) is 15.1. The van der Waals surface area contributed by atoms with Crippen LogP contribution in [0.2, 0.25) is 0 Å². The van der Waals surface area contributed by atoms with Crippen molar-refractivity contribution in [3.05, 3.63) is 59.2 Å². The zero-order valence-corrected chi connectivity index (χ0v) is 14.0. The van der Waals surface area contributed by atoms with E-state index in [1.54, 1.807) is 6.92 Å². The molecule has 1 amide bonds. The fourth-order valence-electron chi connectivity index (χ4n) is 3.65. The van der Waals surface area contributed by atoms with Crippen molar-refractivity contribution in [2.75, 3.05) is 4.90 Å². The lowest BCUT2D eigenvalue weighted by molar-refractivity contribution is -0.119. The summed E-state index contributed by atoms with van der Waals surface area (Å²) in [6, 6.07) is 13.9. The predicted molar refractivity (Wildman–Crippen MR) is 97.0 cm³/mol. The molecule has 0 spiro atoms. The maximum atomic E-state index is 12.7. The van der Waals surface area contributed by atoms with Gasteiger partial charge in [0.1, 0.15) is 0 Å². The fraction of sp³-hybridized carbons (Fsp3) is 0.300. The molecule has 2 atom stereocenters. The topological polar surface area (TPSA) is 58.7 Å². The SMILES string of the molecule is Cc1ccc2c(c1)N=C(C1Cc3ccccc3N1C(=O)C(C)N)C2. The lowest BCUT2D eigenvalue weighted by Crippen LogP contribution is -2.49. The lowest BCUT2D eigenvalue weighted by Gasteiger charge is -2.27. The van der Waals surface area contributed by atoms with Crippen LogP contribution in [-0.4, -0.2) is 23.7 Å². The van der Waals surface area contributed by atoms with Crippen molar-refractivity contribution in [1.29, 1.82) is 0 Å². The third-order valence-electron chi connectivity index (χ3n) is 4.86. The summed E-state index contributed by atoms with van der Waals surface area (Å²) in [5.41, 5.74) is 12.6. The molecule has 4 heteroatoms. The zero-order chi connectivity index (χ0) is 16.8. The van der Waals surface area contributed by atoms with Crippen LogP contribution in [0.4, 0.5) is 11.4 Å². The summed E-state index contributed by atoms with van der Waals surface area (Å²) >= 11 is 0. The number of benzene rings is 2. The molecule has 122 valence electrons. The quantitative estimate of drug-likeness (QED) is 0.925. The number of hydrogen-bond acceptors (Lipinski definition) is 3. The molecule has 2 heterocycles. The smallest absolute Gasteiger partial charge is 0.244 e. The van der Waals surface area contributed by atoms with Crippen molar-refractivity contribution < 1.29 is 4.79 Å². The largest absolute Gasteiger partial charge is 0.320 e. The Balaban J connectivity index is 1.73. The fourth-order valence-corrected chi connectivity index (χ4v) is 3.65. The number of anilines is 1. The van der Waals surface area contributed by atoms with Crippen LogP contribution in [-0.2, 0) is 17.6 Å². The second-order valence-corrected chi connectivity index (χ2v) is 6.76. The Morgan fingerprint density at radius 1 is 1.25 bits per heavy atom. The van der Waals surface area contributed by atoms with Gasteiger partial charge in [-0.3, -0.25) is 9.79 Å². The Morgan fingerprint density at radius 3 is 2.83 bits per heavy atom. The first-order chi connectivity index (χ1) is 11.5. The Hall–Kier alpha value is -2.46. The number of amides is 1. The number of aliphatic imine (C=N–C) groups is 1. The zero-order valence-electron chi connectivity index (χ0n) is 14.0. The normalized spacial score (nSPS) is 19.7. The molecule has 0 saturated carbocycles.